The van der Waals surface area contributed by atoms with E-state index in [2.05, 4.69) is 216 Å². The molecule has 0 aromatic heterocycles. The molecule has 12 heteroatoms. The molecule has 0 amide bonds. The van der Waals surface area contributed by atoms with Gasteiger partial charge in [0.05, 0.1) is 12.3 Å². The fraction of sp³-hybridized carbons (Fsp3) is 0.0476. The van der Waals surface area contributed by atoms with Crippen LogP contribution in [0.4, 0.5) is 0 Å². The zero-order valence-electron chi connectivity index (χ0n) is 29.3. The van der Waals surface area contributed by atoms with Gasteiger partial charge in [0.2, 0.25) is 20.8 Å². The summed E-state index contributed by atoms with van der Waals surface area (Å²) in [5.41, 5.74) is 0. The average molecular weight is 799 g/mol. The Morgan fingerprint density at radius 1 is 0.389 bits per heavy atom. The molecule has 8 nitrogen and oxygen atoms in total. The van der Waals surface area contributed by atoms with Crippen LogP contribution in [-0.2, 0) is 29.5 Å². The number of benzene rings is 6. The van der Waals surface area contributed by atoms with E-state index in [1.165, 1.54) is 31.8 Å². The van der Waals surface area contributed by atoms with Crippen molar-refractivity contribution in [1.29, 1.82) is 0 Å². The number of hydrogen-bond donors (Lipinski definition) is 0. The van der Waals surface area contributed by atoms with Gasteiger partial charge in [-0.15, -0.1) is 8.67 Å². The lowest BCUT2D eigenvalue weighted by Gasteiger charge is -2.26. The Hall–Kier alpha value is -4.60. The van der Waals surface area contributed by atoms with Crippen LogP contribution in [0.2, 0.25) is 0 Å². The van der Waals surface area contributed by atoms with Crippen LogP contribution < -0.4 is 31.8 Å². The molecule has 0 heterocycles. The number of rotatable bonds is 13. The Labute approximate surface area is 320 Å². The summed E-state index contributed by atoms with van der Waals surface area (Å²) in [5, 5.41) is 8.46. The Morgan fingerprint density at radius 3 is 0.685 bits per heavy atom. The number of hydrogen-bond acceptors (Lipinski definition) is 8. The molecule has 0 saturated carbocycles. The van der Waals surface area contributed by atoms with Gasteiger partial charge in [-0.1, -0.05) is 135 Å². The van der Waals surface area contributed by atoms with Crippen LogP contribution in [0.1, 0.15) is 0 Å². The van der Waals surface area contributed by atoms with Gasteiger partial charge in [-0.2, -0.15) is 0 Å². The molecule has 0 saturated heterocycles. The zero-order valence-corrected chi connectivity index (χ0v) is 32.7. The molecule has 0 spiro atoms. The van der Waals surface area contributed by atoms with Crippen LogP contribution in [-0.4, -0.2) is 38.3 Å². The third-order valence-electron chi connectivity index (χ3n) is 8.18. The summed E-state index contributed by atoms with van der Waals surface area (Å²) in [6, 6.07) is 65.3. The molecule has 278 valence electrons. The van der Waals surface area contributed by atoms with E-state index in [1.807, 2.05) is 0 Å². The van der Waals surface area contributed by atoms with Crippen molar-refractivity contribution in [2.75, 3.05) is 12.3 Å². The SMILES string of the molecule is C=CC[P+](c1ccccc1)(c1ccccc1)c1ccccc1.C=CC[P+](c1ccccc1)(c1ccccc1)c1ccccc1.O=S(=O)([O-])OOS(=O)(=O)[O-]. The van der Waals surface area contributed by atoms with Crippen LogP contribution >= 0.6 is 14.5 Å². The topological polar surface area (TPSA) is 133 Å². The maximum atomic E-state index is 9.37. The fourth-order valence-corrected chi connectivity index (χ4v) is 14.5. The molecular formula is C42H40O8P2S2. The minimum absolute atomic E-state index is 0.977. The standard InChI is InChI=1S/2C21H20P.H2O8S2/c2*1-2-18-22(19-12-6-3-7-13-19,20-14-8-4-9-15-20)21-16-10-5-11-17-21;1-9(2,3)7-8-10(4,5)6/h2*2-17H,1,18H2;(H,1,2,3)(H,4,5,6)/q2*+1;/p-2. The first-order chi connectivity index (χ1) is 26.0. The summed E-state index contributed by atoms with van der Waals surface area (Å²) in [6.07, 6.45) is 6.09. The van der Waals surface area contributed by atoms with Crippen LogP contribution in [0.5, 0.6) is 0 Å². The highest BCUT2D eigenvalue weighted by molar-refractivity contribution is 7.96. The van der Waals surface area contributed by atoms with E-state index >= 15 is 0 Å². The molecule has 0 fully saturated rings. The van der Waals surface area contributed by atoms with Gasteiger partial charge in [0, 0.05) is 0 Å². The van der Waals surface area contributed by atoms with Crippen molar-refractivity contribution in [3.63, 3.8) is 0 Å². The Morgan fingerprint density at radius 2 is 0.556 bits per heavy atom. The smallest absolute Gasteiger partial charge is 0.246 e. The molecule has 6 aromatic carbocycles. The van der Waals surface area contributed by atoms with Crippen molar-refractivity contribution < 1.29 is 34.6 Å². The van der Waals surface area contributed by atoms with Crippen LogP contribution in [0.3, 0.4) is 0 Å². The molecular weight excluding hydrogens is 759 g/mol. The maximum absolute atomic E-state index is 9.37. The normalized spacial score (nSPS) is 11.5. The van der Waals surface area contributed by atoms with E-state index < -0.39 is 35.3 Å². The van der Waals surface area contributed by atoms with Gasteiger partial charge in [0.1, 0.15) is 46.4 Å². The molecule has 0 aliphatic carbocycles. The van der Waals surface area contributed by atoms with Gasteiger partial charge in [-0.25, -0.2) is 16.8 Å². The van der Waals surface area contributed by atoms with Crippen molar-refractivity contribution in [3.8, 4) is 0 Å². The van der Waals surface area contributed by atoms with Crippen molar-refractivity contribution in [3.05, 3.63) is 207 Å². The first-order valence-electron chi connectivity index (χ1n) is 16.6. The molecule has 0 aliphatic rings. The fourth-order valence-electron chi connectivity index (χ4n) is 6.08. The summed E-state index contributed by atoms with van der Waals surface area (Å²) in [4.78, 5) is 0. The van der Waals surface area contributed by atoms with E-state index in [9.17, 15) is 25.9 Å². The highest BCUT2D eigenvalue weighted by atomic mass is 32.3. The molecule has 0 atom stereocenters. The van der Waals surface area contributed by atoms with Crippen LogP contribution in [0.15, 0.2) is 207 Å². The van der Waals surface area contributed by atoms with Gasteiger partial charge in [0.15, 0.2) is 0 Å². The van der Waals surface area contributed by atoms with Gasteiger partial charge in [-0.05, 0) is 72.8 Å². The Balaban J connectivity index is 0.000000194. The largest absolute Gasteiger partial charge is 0.724 e. The van der Waals surface area contributed by atoms with E-state index in [4.69, 9.17) is 0 Å². The molecule has 54 heavy (non-hydrogen) atoms. The van der Waals surface area contributed by atoms with Crippen LogP contribution in [0.25, 0.3) is 0 Å². The summed E-state index contributed by atoms with van der Waals surface area (Å²) in [7, 11) is -14.0. The summed E-state index contributed by atoms with van der Waals surface area (Å²) >= 11 is 0. The minimum atomic E-state index is -5.31. The van der Waals surface area contributed by atoms with Gasteiger partial charge in [0.25, 0.3) is 0 Å². The summed E-state index contributed by atoms with van der Waals surface area (Å²) in [6.45, 7) is 8.10. The molecule has 6 rings (SSSR count). The zero-order chi connectivity index (χ0) is 38.9. The Bertz CT molecular complexity index is 1890. The van der Waals surface area contributed by atoms with E-state index in [1.54, 1.807) is 0 Å². The van der Waals surface area contributed by atoms with Gasteiger partial charge < -0.3 is 9.11 Å². The average Bonchev–Trinajstić information content (AvgIpc) is 3.20. The third kappa shape index (κ3) is 11.5. The van der Waals surface area contributed by atoms with Gasteiger partial charge in [-0.3, -0.25) is 0 Å². The molecule has 0 bridgehead atoms. The van der Waals surface area contributed by atoms with E-state index in [0.29, 0.717) is 0 Å². The second kappa shape index (κ2) is 20.2. The second-order valence-electron chi connectivity index (χ2n) is 11.5. The number of allylic oxidation sites excluding steroid dienone is 2. The summed E-state index contributed by atoms with van der Waals surface area (Å²) < 4.78 is 61.5. The van der Waals surface area contributed by atoms with Crippen LogP contribution in [0, 0.1) is 0 Å². The molecule has 0 radical (unpaired) electrons. The second-order valence-corrected chi connectivity index (χ2v) is 20.5. The van der Waals surface area contributed by atoms with Crippen molar-refractivity contribution >= 4 is 67.2 Å². The molecule has 0 aliphatic heterocycles. The summed E-state index contributed by atoms with van der Waals surface area (Å²) in [5.74, 6) is 0. The first kappa shape index (κ1) is 42.1. The van der Waals surface area contributed by atoms with Crippen molar-refractivity contribution in [2.24, 2.45) is 0 Å². The highest BCUT2D eigenvalue weighted by Crippen LogP contribution is 2.56. The lowest BCUT2D eigenvalue weighted by Crippen LogP contribution is -2.32. The lowest BCUT2D eigenvalue weighted by atomic mass is 10.4. The van der Waals surface area contributed by atoms with Gasteiger partial charge >= 0.3 is 0 Å². The molecule has 0 unspecified atom stereocenters. The van der Waals surface area contributed by atoms with Crippen molar-refractivity contribution in [1.82, 2.24) is 0 Å². The van der Waals surface area contributed by atoms with Crippen molar-refractivity contribution in [2.45, 2.75) is 0 Å². The quantitative estimate of drug-likeness (QED) is 0.0338. The van der Waals surface area contributed by atoms with E-state index in [0.717, 1.165) is 12.3 Å². The molecule has 6 aromatic rings. The minimum Gasteiger partial charge on any atom is -0.724 e. The maximum Gasteiger partial charge on any atom is 0.246 e. The lowest BCUT2D eigenvalue weighted by molar-refractivity contribution is -0.107. The Kier molecular flexibility index (Phi) is 15.8. The third-order valence-corrected chi connectivity index (χ3v) is 17.4. The predicted molar refractivity (Wildman–Crippen MR) is 222 cm³/mol. The first-order valence-corrected chi connectivity index (χ1v) is 23.2. The highest BCUT2D eigenvalue weighted by Gasteiger charge is 2.45. The molecule has 0 N–H and O–H groups in total. The monoisotopic (exact) mass is 798 g/mol. The predicted octanol–water partition coefficient (Wildman–Crippen LogP) is 6.19. The van der Waals surface area contributed by atoms with E-state index in [-0.39, 0.29) is 0 Å².